The molecule has 5 aromatic rings. The largest absolute Gasteiger partial charge is 0.369 e. The van der Waals surface area contributed by atoms with E-state index in [0.29, 0.717) is 6.54 Å². The van der Waals surface area contributed by atoms with Gasteiger partial charge in [-0.1, -0.05) is 111 Å². The van der Waals surface area contributed by atoms with Gasteiger partial charge in [-0.05, 0) is 58.5 Å². The molecule has 0 aliphatic carbocycles. The Kier molecular flexibility index (Phi) is 8.23. The van der Waals surface area contributed by atoms with Crippen LogP contribution in [0.25, 0.3) is 11.3 Å². The van der Waals surface area contributed by atoms with Crippen LogP contribution < -0.4 is 9.80 Å². The van der Waals surface area contributed by atoms with Gasteiger partial charge in [-0.25, -0.2) is 0 Å². The maximum absolute atomic E-state index is 7.34. The molecule has 0 radical (unpaired) electrons. The first kappa shape index (κ1) is 27.5. The summed E-state index contributed by atoms with van der Waals surface area (Å²) in [5, 5.41) is 0.746. The minimum Gasteiger partial charge on any atom is -0.369 e. The van der Waals surface area contributed by atoms with Crippen LogP contribution in [-0.2, 0) is 18.5 Å². The quantitative estimate of drug-likeness (QED) is 0.193. The van der Waals surface area contributed by atoms with E-state index in [4.69, 9.17) is 11.6 Å². The van der Waals surface area contributed by atoms with Crippen LogP contribution >= 0.6 is 11.6 Å². The molecule has 4 aromatic carbocycles. The van der Waals surface area contributed by atoms with Gasteiger partial charge in [0.25, 0.3) is 0 Å². The predicted molar refractivity (Wildman–Crippen MR) is 171 cm³/mol. The molecule has 0 amide bonds. The lowest BCUT2D eigenvalue weighted by molar-refractivity contribution is 0.590. The van der Waals surface area contributed by atoms with Crippen molar-refractivity contribution in [2.45, 2.75) is 39.3 Å². The number of rotatable bonds is 8. The van der Waals surface area contributed by atoms with Crippen LogP contribution in [0.3, 0.4) is 0 Å². The zero-order chi connectivity index (χ0) is 28.1. The lowest BCUT2D eigenvalue weighted by Gasteiger charge is -2.32. The molecule has 202 valence electrons. The number of aromatic nitrogens is 1. The summed E-state index contributed by atoms with van der Waals surface area (Å²) in [5.74, 6) is 0. The second kappa shape index (κ2) is 12.0. The van der Waals surface area contributed by atoms with Gasteiger partial charge in [0.1, 0.15) is 0 Å². The minimum absolute atomic E-state index is 0.0526. The average molecular weight is 546 g/mol. The van der Waals surface area contributed by atoms with Crippen LogP contribution in [0.2, 0.25) is 5.02 Å². The number of nitrogens with zero attached hydrogens (tertiary/aromatic N) is 3. The standard InChI is InChI=1S/C36H36ClN3/c1-36(2,3)30-23-33(39(4)25-27-13-7-5-8-14-27)35(37)34(24-30)40(26-28-15-9-6-10-16-28)31-20-18-29(19-21-31)32-17-11-12-22-38-32/h5-24H,25-26H2,1-4H3. The maximum atomic E-state index is 7.34. The topological polar surface area (TPSA) is 19.4 Å². The molecule has 1 heterocycles. The molecule has 3 nitrogen and oxygen atoms in total. The molecule has 0 N–H and O–H groups in total. The average Bonchev–Trinajstić information content (AvgIpc) is 2.97. The van der Waals surface area contributed by atoms with Crippen LogP contribution in [0.15, 0.2) is 121 Å². The molecule has 0 aliphatic heterocycles. The van der Waals surface area contributed by atoms with Crippen LogP contribution in [0, 0.1) is 0 Å². The van der Waals surface area contributed by atoms with Crippen molar-refractivity contribution in [1.29, 1.82) is 0 Å². The lowest BCUT2D eigenvalue weighted by Crippen LogP contribution is -2.22. The Balaban J connectivity index is 1.61. The monoisotopic (exact) mass is 545 g/mol. The van der Waals surface area contributed by atoms with Crippen LogP contribution in [-0.4, -0.2) is 12.0 Å². The Hall–Kier alpha value is -4.08. The second-order valence-corrected chi connectivity index (χ2v) is 11.6. The lowest BCUT2D eigenvalue weighted by atomic mass is 9.86. The molecule has 0 saturated carbocycles. The highest BCUT2D eigenvalue weighted by atomic mass is 35.5. The number of halogens is 1. The predicted octanol–water partition coefficient (Wildman–Crippen LogP) is 9.67. The van der Waals surface area contributed by atoms with Crippen molar-refractivity contribution < 1.29 is 0 Å². The first-order valence-corrected chi connectivity index (χ1v) is 14.1. The Bertz CT molecular complexity index is 1530. The summed E-state index contributed by atoms with van der Waals surface area (Å²) in [6, 6.07) is 40.2. The Morgan fingerprint density at radius 1 is 0.675 bits per heavy atom. The highest BCUT2D eigenvalue weighted by molar-refractivity contribution is 6.36. The van der Waals surface area contributed by atoms with Crippen molar-refractivity contribution in [3.8, 4) is 11.3 Å². The van der Waals surface area contributed by atoms with Crippen molar-refractivity contribution in [1.82, 2.24) is 4.98 Å². The van der Waals surface area contributed by atoms with Crippen LogP contribution in [0.5, 0.6) is 0 Å². The summed E-state index contributed by atoms with van der Waals surface area (Å²) in [5.41, 5.74) is 8.79. The third-order valence-electron chi connectivity index (χ3n) is 7.19. The van der Waals surface area contributed by atoms with E-state index in [1.54, 1.807) is 0 Å². The third kappa shape index (κ3) is 6.38. The maximum Gasteiger partial charge on any atom is 0.0876 e. The van der Waals surface area contributed by atoms with Gasteiger partial charge in [-0.2, -0.15) is 0 Å². The van der Waals surface area contributed by atoms with E-state index in [-0.39, 0.29) is 5.41 Å². The normalized spacial score (nSPS) is 11.3. The zero-order valence-electron chi connectivity index (χ0n) is 23.7. The molecule has 0 aliphatic rings. The first-order valence-electron chi connectivity index (χ1n) is 13.7. The first-order chi connectivity index (χ1) is 19.3. The van der Waals surface area contributed by atoms with Gasteiger partial charge in [-0.3, -0.25) is 4.98 Å². The van der Waals surface area contributed by atoms with Crippen LogP contribution in [0.1, 0.15) is 37.5 Å². The molecule has 1 aromatic heterocycles. The highest BCUT2D eigenvalue weighted by Crippen LogP contribution is 2.43. The molecule has 0 spiro atoms. The van der Waals surface area contributed by atoms with Crippen molar-refractivity contribution in [2.24, 2.45) is 0 Å². The number of hydrogen-bond acceptors (Lipinski definition) is 3. The molecular formula is C36H36ClN3. The fourth-order valence-electron chi connectivity index (χ4n) is 4.87. The zero-order valence-corrected chi connectivity index (χ0v) is 24.4. The van der Waals surface area contributed by atoms with E-state index in [9.17, 15) is 0 Å². The van der Waals surface area contributed by atoms with Crippen LogP contribution in [0.4, 0.5) is 17.1 Å². The second-order valence-electron chi connectivity index (χ2n) is 11.3. The van der Waals surface area contributed by atoms with E-state index < -0.39 is 0 Å². The molecule has 0 unspecified atom stereocenters. The smallest absolute Gasteiger partial charge is 0.0876 e. The Morgan fingerprint density at radius 2 is 1.25 bits per heavy atom. The van der Waals surface area contributed by atoms with Crippen molar-refractivity contribution in [3.63, 3.8) is 0 Å². The SMILES string of the molecule is CN(Cc1ccccc1)c1cc(C(C)(C)C)cc(N(Cc2ccccc2)c2ccc(-c3ccccn3)cc2)c1Cl. The summed E-state index contributed by atoms with van der Waals surface area (Å²) >= 11 is 7.34. The van der Waals surface area contributed by atoms with Crippen molar-refractivity contribution >= 4 is 28.7 Å². The van der Waals surface area contributed by atoms with E-state index in [2.05, 4.69) is 140 Å². The van der Waals surface area contributed by atoms with E-state index in [0.717, 1.165) is 39.9 Å². The summed E-state index contributed by atoms with van der Waals surface area (Å²) < 4.78 is 0. The van der Waals surface area contributed by atoms with Gasteiger partial charge in [-0.15, -0.1) is 0 Å². The number of pyridine rings is 1. The molecule has 0 fully saturated rings. The van der Waals surface area contributed by atoms with E-state index in [1.807, 2.05) is 24.4 Å². The summed E-state index contributed by atoms with van der Waals surface area (Å²) in [7, 11) is 2.12. The molecule has 40 heavy (non-hydrogen) atoms. The Labute approximate surface area is 243 Å². The molecular weight excluding hydrogens is 510 g/mol. The minimum atomic E-state index is -0.0526. The highest BCUT2D eigenvalue weighted by Gasteiger charge is 2.24. The van der Waals surface area contributed by atoms with Crippen molar-refractivity contribution in [2.75, 3.05) is 16.8 Å². The Morgan fingerprint density at radius 3 is 1.82 bits per heavy atom. The molecule has 0 saturated heterocycles. The molecule has 0 atom stereocenters. The van der Waals surface area contributed by atoms with Gasteiger partial charge in [0, 0.05) is 37.6 Å². The fourth-order valence-corrected chi connectivity index (χ4v) is 5.23. The van der Waals surface area contributed by atoms with Gasteiger partial charge in [0.2, 0.25) is 0 Å². The third-order valence-corrected chi connectivity index (χ3v) is 7.58. The van der Waals surface area contributed by atoms with E-state index >= 15 is 0 Å². The molecule has 4 heteroatoms. The molecule has 5 rings (SSSR count). The van der Waals surface area contributed by atoms with Gasteiger partial charge in [0.05, 0.1) is 22.1 Å². The fraction of sp³-hybridized carbons (Fsp3) is 0.194. The van der Waals surface area contributed by atoms with E-state index in [1.165, 1.54) is 16.7 Å². The summed E-state index contributed by atoms with van der Waals surface area (Å²) in [4.78, 5) is 9.11. The number of hydrogen-bond donors (Lipinski definition) is 0. The van der Waals surface area contributed by atoms with Gasteiger partial charge in [0.15, 0.2) is 0 Å². The van der Waals surface area contributed by atoms with Gasteiger partial charge >= 0.3 is 0 Å². The number of benzene rings is 4. The summed E-state index contributed by atoms with van der Waals surface area (Å²) in [6.45, 7) is 8.22. The molecule has 0 bridgehead atoms. The summed E-state index contributed by atoms with van der Waals surface area (Å²) in [6.07, 6.45) is 1.83. The van der Waals surface area contributed by atoms with Gasteiger partial charge < -0.3 is 9.80 Å². The number of anilines is 3. The van der Waals surface area contributed by atoms with Crippen molar-refractivity contribution in [3.05, 3.63) is 143 Å².